The minimum Gasteiger partial charge on any atom is -0.335 e. The third kappa shape index (κ3) is 2.55. The van der Waals surface area contributed by atoms with E-state index < -0.39 is 0 Å². The van der Waals surface area contributed by atoms with Crippen LogP contribution in [-0.4, -0.2) is 43.6 Å². The van der Waals surface area contributed by atoms with Gasteiger partial charge in [0.1, 0.15) is 0 Å². The minimum atomic E-state index is 0.0275. The average molecular weight is 257 g/mol. The largest absolute Gasteiger partial charge is 0.335 e. The maximum Gasteiger partial charge on any atom is 0.275 e. The lowest BCUT2D eigenvalue weighted by atomic mass is 10.1. The summed E-state index contributed by atoms with van der Waals surface area (Å²) in [5, 5.41) is 0.546. The van der Waals surface area contributed by atoms with Gasteiger partial charge in [-0.1, -0.05) is 13.8 Å². The van der Waals surface area contributed by atoms with Crippen molar-refractivity contribution in [3.05, 3.63) is 11.9 Å². The smallest absolute Gasteiger partial charge is 0.275 e. The second-order valence-corrected chi connectivity index (χ2v) is 6.10. The molecule has 0 aliphatic carbocycles. The van der Waals surface area contributed by atoms with Gasteiger partial charge in [-0.25, -0.2) is 0 Å². The molecule has 1 aliphatic rings. The van der Waals surface area contributed by atoms with Gasteiger partial charge in [-0.05, 0) is 5.92 Å². The molecule has 2 heterocycles. The lowest BCUT2D eigenvalue weighted by Crippen LogP contribution is -2.43. The van der Waals surface area contributed by atoms with E-state index in [1.807, 2.05) is 16.7 Å². The summed E-state index contributed by atoms with van der Waals surface area (Å²) in [5.74, 6) is 1.65. The fourth-order valence-corrected chi connectivity index (χ4v) is 3.39. The summed E-state index contributed by atoms with van der Waals surface area (Å²) in [6.45, 7) is 6.06. The van der Waals surface area contributed by atoms with Crippen LogP contribution in [0.2, 0.25) is 0 Å². The van der Waals surface area contributed by atoms with Crippen LogP contribution in [0.25, 0.3) is 0 Å². The summed E-state index contributed by atoms with van der Waals surface area (Å²) in [5.41, 5.74) is 0.486. The Bertz CT molecular complexity index is 353. The molecule has 16 heavy (non-hydrogen) atoms. The first kappa shape index (κ1) is 11.9. The minimum absolute atomic E-state index is 0.0275. The number of hydrogen-bond donors (Lipinski definition) is 0. The molecular weight excluding hydrogens is 242 g/mol. The van der Waals surface area contributed by atoms with E-state index >= 15 is 0 Å². The Morgan fingerprint density at radius 2 is 2.44 bits per heavy atom. The van der Waals surface area contributed by atoms with E-state index in [1.54, 1.807) is 6.20 Å². The van der Waals surface area contributed by atoms with Crippen LogP contribution in [0.4, 0.5) is 0 Å². The van der Waals surface area contributed by atoms with Crippen LogP contribution in [0.3, 0.4) is 0 Å². The molecule has 0 bridgehead atoms. The summed E-state index contributed by atoms with van der Waals surface area (Å²) in [4.78, 5) is 14.0. The standard InChI is InChI=1S/C10H15N3OS2/c1-7(2)9-6-13(3-4-15-9)10(14)8-5-11-16-12-8/h5,7,9H,3-4,6H2,1-2H3. The van der Waals surface area contributed by atoms with Crippen LogP contribution < -0.4 is 0 Å². The molecule has 2 rings (SSSR count). The van der Waals surface area contributed by atoms with Gasteiger partial charge in [0, 0.05) is 24.1 Å². The van der Waals surface area contributed by atoms with Crippen molar-refractivity contribution in [2.45, 2.75) is 19.1 Å². The zero-order chi connectivity index (χ0) is 11.5. The zero-order valence-electron chi connectivity index (χ0n) is 9.42. The normalized spacial score (nSPS) is 21.4. The molecule has 1 aromatic rings. The van der Waals surface area contributed by atoms with E-state index in [0.29, 0.717) is 16.9 Å². The van der Waals surface area contributed by atoms with Crippen molar-refractivity contribution in [1.82, 2.24) is 13.6 Å². The predicted molar refractivity (Wildman–Crippen MR) is 66.9 cm³/mol. The van der Waals surface area contributed by atoms with Gasteiger partial charge < -0.3 is 4.90 Å². The number of thioether (sulfide) groups is 1. The summed E-state index contributed by atoms with van der Waals surface area (Å²) < 4.78 is 7.86. The molecule has 1 unspecified atom stereocenters. The van der Waals surface area contributed by atoms with E-state index in [-0.39, 0.29) is 5.91 Å². The van der Waals surface area contributed by atoms with Gasteiger partial charge in [0.25, 0.3) is 5.91 Å². The van der Waals surface area contributed by atoms with E-state index in [4.69, 9.17) is 0 Å². The maximum atomic E-state index is 12.0. The van der Waals surface area contributed by atoms with Crippen LogP contribution in [-0.2, 0) is 0 Å². The van der Waals surface area contributed by atoms with Gasteiger partial charge in [0.05, 0.1) is 17.9 Å². The van der Waals surface area contributed by atoms with Gasteiger partial charge in [-0.3, -0.25) is 4.79 Å². The highest BCUT2D eigenvalue weighted by Gasteiger charge is 2.27. The monoisotopic (exact) mass is 257 g/mol. The highest BCUT2D eigenvalue weighted by Crippen LogP contribution is 2.25. The zero-order valence-corrected chi connectivity index (χ0v) is 11.1. The number of amides is 1. The van der Waals surface area contributed by atoms with Crippen LogP contribution in [0.15, 0.2) is 6.20 Å². The molecule has 88 valence electrons. The summed E-state index contributed by atoms with van der Waals surface area (Å²) >= 11 is 3.05. The van der Waals surface area contributed by atoms with E-state index in [0.717, 1.165) is 30.6 Å². The fraction of sp³-hybridized carbons (Fsp3) is 0.700. The Labute approximate surface area is 104 Å². The van der Waals surface area contributed by atoms with Gasteiger partial charge in [-0.15, -0.1) is 0 Å². The molecule has 0 saturated carbocycles. The molecular formula is C10H15N3OS2. The number of hydrogen-bond acceptors (Lipinski definition) is 5. The molecule has 1 aliphatic heterocycles. The Morgan fingerprint density at radius 1 is 1.62 bits per heavy atom. The van der Waals surface area contributed by atoms with Gasteiger partial charge in [0.15, 0.2) is 5.69 Å². The highest BCUT2D eigenvalue weighted by molar-refractivity contribution is 8.00. The van der Waals surface area contributed by atoms with Crippen LogP contribution in [0.1, 0.15) is 24.3 Å². The average Bonchev–Trinajstić information content (AvgIpc) is 2.81. The molecule has 1 amide bonds. The van der Waals surface area contributed by atoms with Crippen molar-refractivity contribution in [2.75, 3.05) is 18.8 Å². The molecule has 0 radical (unpaired) electrons. The third-order valence-corrected chi connectivity index (χ3v) is 4.72. The highest BCUT2D eigenvalue weighted by atomic mass is 32.2. The fourth-order valence-electron chi connectivity index (χ4n) is 1.68. The Kier molecular flexibility index (Phi) is 3.81. The number of carbonyl (C=O) groups excluding carboxylic acids is 1. The molecule has 0 N–H and O–H groups in total. The molecule has 0 aromatic carbocycles. The van der Waals surface area contributed by atoms with Crippen molar-refractivity contribution in [1.29, 1.82) is 0 Å². The first-order valence-corrected chi connectivity index (χ1v) is 7.15. The second kappa shape index (κ2) is 5.14. The SMILES string of the molecule is CC(C)C1CN(C(=O)c2cnsn2)CCS1. The van der Waals surface area contributed by atoms with Crippen molar-refractivity contribution < 1.29 is 4.79 Å². The van der Waals surface area contributed by atoms with E-state index in [1.165, 1.54) is 0 Å². The molecule has 1 saturated heterocycles. The summed E-state index contributed by atoms with van der Waals surface area (Å²) in [6.07, 6.45) is 1.55. The number of rotatable bonds is 2. The van der Waals surface area contributed by atoms with Crippen molar-refractivity contribution in [2.24, 2.45) is 5.92 Å². The molecule has 0 spiro atoms. The number of carbonyl (C=O) groups is 1. The predicted octanol–water partition coefficient (Wildman–Crippen LogP) is 1.75. The second-order valence-electron chi connectivity index (χ2n) is 4.20. The van der Waals surface area contributed by atoms with E-state index in [2.05, 4.69) is 22.6 Å². The lowest BCUT2D eigenvalue weighted by molar-refractivity contribution is 0.0751. The van der Waals surface area contributed by atoms with Crippen molar-refractivity contribution in [3.63, 3.8) is 0 Å². The van der Waals surface area contributed by atoms with E-state index in [9.17, 15) is 4.79 Å². The molecule has 1 aromatic heterocycles. The molecule has 6 heteroatoms. The topological polar surface area (TPSA) is 46.1 Å². The summed E-state index contributed by atoms with van der Waals surface area (Å²) in [6, 6.07) is 0. The first-order valence-electron chi connectivity index (χ1n) is 5.37. The van der Waals surface area contributed by atoms with Crippen LogP contribution in [0.5, 0.6) is 0 Å². The van der Waals surface area contributed by atoms with Gasteiger partial charge in [0.2, 0.25) is 0 Å². The first-order chi connectivity index (χ1) is 7.68. The third-order valence-electron chi connectivity index (χ3n) is 2.70. The van der Waals surface area contributed by atoms with Gasteiger partial charge >= 0.3 is 0 Å². The van der Waals surface area contributed by atoms with Gasteiger partial charge in [-0.2, -0.15) is 20.5 Å². The Balaban J connectivity index is 2.02. The lowest BCUT2D eigenvalue weighted by Gasteiger charge is -2.33. The molecule has 1 atom stereocenters. The van der Waals surface area contributed by atoms with Crippen LogP contribution >= 0.6 is 23.5 Å². The van der Waals surface area contributed by atoms with Crippen LogP contribution in [0, 0.1) is 5.92 Å². The Morgan fingerprint density at radius 3 is 3.06 bits per heavy atom. The van der Waals surface area contributed by atoms with Crippen molar-refractivity contribution in [3.8, 4) is 0 Å². The summed E-state index contributed by atoms with van der Waals surface area (Å²) in [7, 11) is 0. The number of nitrogens with zero attached hydrogens (tertiary/aromatic N) is 3. The molecule has 1 fully saturated rings. The maximum absolute atomic E-state index is 12.0. The van der Waals surface area contributed by atoms with Crippen molar-refractivity contribution >= 4 is 29.4 Å². The Hall–Kier alpha value is -0.620. The molecule has 4 nitrogen and oxygen atoms in total. The quantitative estimate of drug-likeness (QED) is 0.810. The number of aromatic nitrogens is 2.